The molecule has 1 N–H and O–H groups in total. The first-order valence-electron chi connectivity index (χ1n) is 9.24. The molecular weight excluding hydrogens is 310 g/mol. The van der Waals surface area contributed by atoms with Gasteiger partial charge in [0.15, 0.2) is 0 Å². The van der Waals surface area contributed by atoms with Crippen molar-refractivity contribution in [3.63, 3.8) is 0 Å². The van der Waals surface area contributed by atoms with Gasteiger partial charge in [-0.1, -0.05) is 36.4 Å². The lowest BCUT2D eigenvalue weighted by Gasteiger charge is -2.35. The van der Waals surface area contributed by atoms with Gasteiger partial charge in [-0.3, -0.25) is 4.90 Å². The maximum atomic E-state index is 9.80. The molecule has 1 aromatic heterocycles. The van der Waals surface area contributed by atoms with Crippen LogP contribution in [0.15, 0.2) is 42.5 Å². The van der Waals surface area contributed by atoms with E-state index in [1.807, 2.05) is 6.92 Å². The smallest absolute Gasteiger partial charge is 0.133 e. The molecule has 0 radical (unpaired) electrons. The van der Waals surface area contributed by atoms with Crippen LogP contribution in [0.5, 0.6) is 0 Å². The fourth-order valence-corrected chi connectivity index (χ4v) is 3.57. The zero-order valence-electron chi connectivity index (χ0n) is 15.4. The topological polar surface area (TPSA) is 39.6 Å². The maximum absolute atomic E-state index is 9.80. The fourth-order valence-electron chi connectivity index (χ4n) is 3.57. The largest absolute Gasteiger partial charge is 0.394 e. The van der Waals surface area contributed by atoms with Crippen LogP contribution in [-0.4, -0.2) is 47.8 Å². The molecule has 2 aromatic rings. The minimum Gasteiger partial charge on any atom is -0.394 e. The summed E-state index contributed by atoms with van der Waals surface area (Å²) >= 11 is 0. The van der Waals surface area contributed by atoms with Crippen molar-refractivity contribution in [1.82, 2.24) is 9.88 Å². The molecule has 134 valence electrons. The molecule has 0 fully saturated rings. The third-order valence-corrected chi connectivity index (χ3v) is 5.14. The van der Waals surface area contributed by atoms with Crippen LogP contribution < -0.4 is 4.90 Å². The van der Waals surface area contributed by atoms with E-state index in [-0.39, 0.29) is 12.6 Å². The average molecular weight is 339 g/mol. The molecule has 1 atom stereocenters. The summed E-state index contributed by atoms with van der Waals surface area (Å²) in [5.74, 6) is 1.02. The molecule has 0 bridgehead atoms. The second kappa shape index (κ2) is 8.45. The van der Waals surface area contributed by atoms with Crippen molar-refractivity contribution in [1.29, 1.82) is 0 Å². The summed E-state index contributed by atoms with van der Waals surface area (Å²) in [4.78, 5) is 9.41. The number of hydrogen-bond acceptors (Lipinski definition) is 4. The Morgan fingerprint density at radius 2 is 1.96 bits per heavy atom. The second-order valence-corrected chi connectivity index (χ2v) is 7.04. The molecule has 0 amide bonds. The van der Waals surface area contributed by atoms with Crippen LogP contribution in [0, 0.1) is 6.92 Å². The number of fused-ring (bicyclic) bond motifs is 1. The van der Waals surface area contributed by atoms with Crippen molar-refractivity contribution in [3.05, 3.63) is 59.3 Å². The number of benzene rings is 1. The fraction of sp³-hybridized carbons (Fsp3) is 0.476. The quantitative estimate of drug-likeness (QED) is 0.909. The van der Waals surface area contributed by atoms with Gasteiger partial charge in [-0.25, -0.2) is 4.98 Å². The van der Waals surface area contributed by atoms with Gasteiger partial charge in [-0.05, 0) is 44.4 Å². The highest BCUT2D eigenvalue weighted by molar-refractivity contribution is 5.48. The highest BCUT2D eigenvalue weighted by Gasteiger charge is 2.23. The van der Waals surface area contributed by atoms with Gasteiger partial charge in [-0.2, -0.15) is 0 Å². The molecule has 25 heavy (non-hydrogen) atoms. The summed E-state index contributed by atoms with van der Waals surface area (Å²) in [6.45, 7) is 5.21. The van der Waals surface area contributed by atoms with Crippen molar-refractivity contribution in [2.24, 2.45) is 0 Å². The Morgan fingerprint density at radius 3 is 2.72 bits per heavy atom. The highest BCUT2D eigenvalue weighted by atomic mass is 16.3. The van der Waals surface area contributed by atoms with Gasteiger partial charge in [-0.15, -0.1) is 0 Å². The minimum absolute atomic E-state index is 0.130. The first-order chi connectivity index (χ1) is 12.2. The Hall–Kier alpha value is -1.91. The monoisotopic (exact) mass is 339 g/mol. The predicted octanol–water partition coefficient (Wildman–Crippen LogP) is 3.03. The van der Waals surface area contributed by atoms with Gasteiger partial charge in [0.2, 0.25) is 0 Å². The molecule has 0 saturated carbocycles. The molecule has 2 heterocycles. The maximum Gasteiger partial charge on any atom is 0.133 e. The number of aryl methyl sites for hydroxylation is 2. The lowest BCUT2D eigenvalue weighted by molar-refractivity contribution is 0.209. The predicted molar refractivity (Wildman–Crippen MR) is 103 cm³/mol. The standard InChI is InChI=1S/C21H29N3O/c1-17-10-11-19-15-24(13-6-9-18-7-4-3-5-8-18)14-12-20(16-25)23(2)21(19)22-17/h3-5,7-8,10-11,20,25H,6,9,12-16H2,1-2H3. The average Bonchev–Trinajstić information content (AvgIpc) is 2.63. The number of rotatable bonds is 5. The number of aliphatic hydroxyl groups excluding tert-OH is 1. The van der Waals surface area contributed by atoms with Gasteiger partial charge in [0.25, 0.3) is 0 Å². The van der Waals surface area contributed by atoms with E-state index in [1.165, 1.54) is 11.1 Å². The summed E-state index contributed by atoms with van der Waals surface area (Å²) < 4.78 is 0. The number of pyridine rings is 1. The Morgan fingerprint density at radius 1 is 1.16 bits per heavy atom. The second-order valence-electron chi connectivity index (χ2n) is 7.04. The minimum atomic E-state index is 0.130. The SMILES string of the molecule is Cc1ccc2c(n1)N(C)C(CO)CCN(CCCc1ccccc1)C2. The van der Waals surface area contributed by atoms with E-state index < -0.39 is 0 Å². The van der Waals surface area contributed by atoms with Crippen LogP contribution in [0.4, 0.5) is 5.82 Å². The van der Waals surface area contributed by atoms with Gasteiger partial charge in [0.05, 0.1) is 12.6 Å². The number of aromatic nitrogens is 1. The third kappa shape index (κ3) is 4.59. The van der Waals surface area contributed by atoms with Crippen molar-refractivity contribution in [2.75, 3.05) is 31.6 Å². The van der Waals surface area contributed by atoms with E-state index in [9.17, 15) is 5.11 Å². The van der Waals surface area contributed by atoms with Gasteiger partial charge >= 0.3 is 0 Å². The van der Waals surface area contributed by atoms with E-state index >= 15 is 0 Å². The molecule has 1 aliphatic rings. The first-order valence-corrected chi connectivity index (χ1v) is 9.24. The van der Waals surface area contributed by atoms with Crippen LogP contribution in [0.3, 0.4) is 0 Å². The van der Waals surface area contributed by atoms with Crippen LogP contribution in [0.1, 0.15) is 29.7 Å². The van der Waals surface area contributed by atoms with Gasteiger partial charge in [0.1, 0.15) is 5.82 Å². The number of aliphatic hydroxyl groups is 1. The van der Waals surface area contributed by atoms with E-state index in [4.69, 9.17) is 4.98 Å². The van der Waals surface area contributed by atoms with Crippen LogP contribution >= 0.6 is 0 Å². The van der Waals surface area contributed by atoms with Crippen LogP contribution in [0.2, 0.25) is 0 Å². The number of hydrogen-bond donors (Lipinski definition) is 1. The van der Waals surface area contributed by atoms with Gasteiger partial charge in [0, 0.05) is 31.4 Å². The van der Waals surface area contributed by atoms with E-state index in [0.717, 1.165) is 50.4 Å². The molecule has 1 aliphatic heterocycles. The first kappa shape index (κ1) is 17.9. The Balaban J connectivity index is 1.69. The summed E-state index contributed by atoms with van der Waals surface area (Å²) in [6.07, 6.45) is 3.23. The molecule has 4 nitrogen and oxygen atoms in total. The van der Waals surface area contributed by atoms with E-state index in [1.54, 1.807) is 0 Å². The zero-order chi connectivity index (χ0) is 17.6. The summed E-state index contributed by atoms with van der Waals surface area (Å²) in [5.41, 5.74) is 3.68. The van der Waals surface area contributed by atoms with Crippen molar-refractivity contribution in [2.45, 2.75) is 38.8 Å². The van der Waals surface area contributed by atoms with Crippen LogP contribution in [0.25, 0.3) is 0 Å². The molecule has 4 heteroatoms. The Bertz CT molecular complexity index is 674. The molecule has 0 spiro atoms. The molecule has 1 aromatic carbocycles. The molecular formula is C21H29N3O. The van der Waals surface area contributed by atoms with Gasteiger partial charge < -0.3 is 10.0 Å². The zero-order valence-corrected chi connectivity index (χ0v) is 15.4. The van der Waals surface area contributed by atoms with Crippen molar-refractivity contribution < 1.29 is 5.11 Å². The molecule has 0 aliphatic carbocycles. The number of nitrogens with zero attached hydrogens (tertiary/aromatic N) is 3. The Labute approximate surface area is 151 Å². The summed E-state index contributed by atoms with van der Waals surface area (Å²) in [5, 5.41) is 9.80. The van der Waals surface area contributed by atoms with Crippen LogP contribution in [-0.2, 0) is 13.0 Å². The van der Waals surface area contributed by atoms with Crippen molar-refractivity contribution in [3.8, 4) is 0 Å². The lowest BCUT2D eigenvalue weighted by Crippen LogP contribution is -2.42. The summed E-state index contributed by atoms with van der Waals surface area (Å²) in [6, 6.07) is 15.1. The van der Waals surface area contributed by atoms with Crippen molar-refractivity contribution >= 4 is 5.82 Å². The Kier molecular flexibility index (Phi) is 6.05. The van der Waals surface area contributed by atoms with E-state index in [2.05, 4.69) is 59.3 Å². The normalized spacial score (nSPS) is 18.5. The molecule has 0 saturated heterocycles. The molecule has 3 rings (SSSR count). The molecule has 1 unspecified atom stereocenters. The summed E-state index contributed by atoms with van der Waals surface area (Å²) in [7, 11) is 2.05. The lowest BCUT2D eigenvalue weighted by atomic mass is 10.1. The third-order valence-electron chi connectivity index (χ3n) is 5.14. The number of anilines is 1. The highest BCUT2D eigenvalue weighted by Crippen LogP contribution is 2.25. The number of likely N-dealkylation sites (N-methyl/N-ethyl adjacent to an activating group) is 1. The van der Waals surface area contributed by atoms with E-state index in [0.29, 0.717) is 0 Å².